The maximum atomic E-state index is 13.9. The van der Waals surface area contributed by atoms with Gasteiger partial charge in [0.15, 0.2) is 0 Å². The van der Waals surface area contributed by atoms with E-state index in [4.69, 9.17) is 0 Å². The Bertz CT molecular complexity index is 1270. The van der Waals surface area contributed by atoms with Crippen molar-refractivity contribution < 1.29 is 14.4 Å². The summed E-state index contributed by atoms with van der Waals surface area (Å²) in [4.78, 5) is 41.8. The van der Waals surface area contributed by atoms with Gasteiger partial charge in [-0.05, 0) is 46.9 Å². The lowest BCUT2D eigenvalue weighted by atomic mass is 9.48. The second kappa shape index (κ2) is 6.24. The molecule has 2 bridgehead atoms. The molecule has 3 aliphatic carbocycles. The van der Waals surface area contributed by atoms with Crippen LogP contribution in [0, 0.1) is 18.8 Å². The summed E-state index contributed by atoms with van der Waals surface area (Å²) in [6.45, 7) is 1.95. The summed E-state index contributed by atoms with van der Waals surface area (Å²) in [6, 6.07) is 21.0. The Balaban J connectivity index is 1.63. The van der Waals surface area contributed by atoms with E-state index in [-0.39, 0.29) is 17.7 Å². The molecule has 2 atom stereocenters. The predicted octanol–water partition coefficient (Wildman–Crippen LogP) is 4.51. The molecular weight excluding hydrogens is 454 g/mol. The molecule has 0 radical (unpaired) electrons. The van der Waals surface area contributed by atoms with Gasteiger partial charge >= 0.3 is 0 Å². The first-order valence-corrected chi connectivity index (χ1v) is 11.1. The number of aryl methyl sites for hydroxylation is 1. The third-order valence-electron chi connectivity index (χ3n) is 7.28. The minimum absolute atomic E-state index is 0.231. The fraction of sp³-hybridized carbons (Fsp3) is 0.192. The maximum absolute atomic E-state index is 13.9. The Morgan fingerprint density at radius 2 is 1.52 bits per heavy atom. The number of halogens is 1. The van der Waals surface area contributed by atoms with E-state index in [9.17, 15) is 14.4 Å². The largest absolute Gasteiger partial charge is 0.302 e. The molecule has 2 amide bonds. The predicted molar refractivity (Wildman–Crippen MR) is 120 cm³/mol. The van der Waals surface area contributed by atoms with Gasteiger partial charge in [-0.25, -0.2) is 4.90 Å². The van der Waals surface area contributed by atoms with Crippen LogP contribution in [0.15, 0.2) is 71.2 Å². The standard InChI is InChI=1S/C26H18BrNO3/c1-14-10-11-15(12-20(14)27)28-24(30)22-21-16-6-2-4-8-18(16)26(13-29,23(22)25(28)31)19-9-5-3-7-17(19)21/h2-13,21-23H,1H3/t21?,22-,23-,26?/m1/s1. The van der Waals surface area contributed by atoms with Crippen LogP contribution in [0.3, 0.4) is 0 Å². The number of rotatable bonds is 2. The molecule has 0 aromatic heterocycles. The highest BCUT2D eigenvalue weighted by molar-refractivity contribution is 9.10. The van der Waals surface area contributed by atoms with Crippen molar-refractivity contribution in [3.05, 3.63) is 99.0 Å². The molecular formula is C26H18BrNO3. The smallest absolute Gasteiger partial charge is 0.239 e. The molecule has 1 heterocycles. The molecule has 1 aliphatic heterocycles. The second-order valence-corrected chi connectivity index (χ2v) is 9.44. The van der Waals surface area contributed by atoms with Gasteiger partial charge in [0, 0.05) is 10.4 Å². The minimum Gasteiger partial charge on any atom is -0.302 e. The lowest BCUT2D eigenvalue weighted by Crippen LogP contribution is -2.54. The van der Waals surface area contributed by atoms with E-state index < -0.39 is 17.3 Å². The average Bonchev–Trinajstić information content (AvgIpc) is 3.07. The van der Waals surface area contributed by atoms with Crippen LogP contribution in [-0.2, 0) is 19.8 Å². The SMILES string of the molecule is Cc1ccc(N2C(=O)[C@@H]3C4c5ccccc5C(C=O)(c5ccccc54)[C@H]3C2=O)cc1Br. The van der Waals surface area contributed by atoms with Crippen molar-refractivity contribution in [2.45, 2.75) is 18.3 Å². The van der Waals surface area contributed by atoms with Crippen molar-refractivity contribution in [1.29, 1.82) is 0 Å². The summed E-state index contributed by atoms with van der Waals surface area (Å²) in [5.74, 6) is -2.11. The quantitative estimate of drug-likeness (QED) is 0.408. The van der Waals surface area contributed by atoms with Crippen LogP contribution in [0.4, 0.5) is 5.69 Å². The number of aldehydes is 1. The Morgan fingerprint density at radius 1 is 0.903 bits per heavy atom. The van der Waals surface area contributed by atoms with Gasteiger partial charge in [0.05, 0.1) is 22.9 Å². The van der Waals surface area contributed by atoms with Crippen molar-refractivity contribution in [2.24, 2.45) is 11.8 Å². The number of imide groups is 1. The van der Waals surface area contributed by atoms with Crippen molar-refractivity contribution in [2.75, 3.05) is 4.90 Å². The van der Waals surface area contributed by atoms with Crippen LogP contribution < -0.4 is 4.90 Å². The number of carbonyl (C=O) groups is 3. The summed E-state index contributed by atoms with van der Waals surface area (Å²) in [7, 11) is 0. The lowest BCUT2D eigenvalue weighted by molar-refractivity contribution is -0.128. The molecule has 4 nitrogen and oxygen atoms in total. The fourth-order valence-corrected chi connectivity index (χ4v) is 6.37. The van der Waals surface area contributed by atoms with Crippen molar-refractivity contribution in [1.82, 2.24) is 0 Å². The Kier molecular flexibility index (Phi) is 3.76. The monoisotopic (exact) mass is 471 g/mol. The third-order valence-corrected chi connectivity index (χ3v) is 8.14. The molecule has 152 valence electrons. The molecule has 3 aromatic rings. The van der Waals surface area contributed by atoms with Gasteiger partial charge in [-0.2, -0.15) is 0 Å². The first-order chi connectivity index (χ1) is 15.0. The van der Waals surface area contributed by atoms with Crippen LogP contribution in [0.1, 0.15) is 33.7 Å². The molecule has 1 fully saturated rings. The summed E-state index contributed by atoms with van der Waals surface area (Å²) in [6.07, 6.45) is 0.900. The highest BCUT2D eigenvalue weighted by atomic mass is 79.9. The van der Waals surface area contributed by atoms with Crippen molar-refractivity contribution >= 4 is 39.7 Å². The molecule has 0 unspecified atom stereocenters. The van der Waals surface area contributed by atoms with E-state index in [1.807, 2.05) is 61.5 Å². The van der Waals surface area contributed by atoms with Gasteiger partial charge in [0.25, 0.3) is 0 Å². The Hall–Kier alpha value is -3.05. The van der Waals surface area contributed by atoms with Gasteiger partial charge in [-0.3, -0.25) is 9.59 Å². The normalized spacial score (nSPS) is 27.7. The topological polar surface area (TPSA) is 54.5 Å². The van der Waals surface area contributed by atoms with Crippen LogP contribution in [0.25, 0.3) is 0 Å². The molecule has 0 saturated carbocycles. The molecule has 4 aliphatic rings. The minimum atomic E-state index is -1.16. The highest BCUT2D eigenvalue weighted by Crippen LogP contribution is 2.63. The van der Waals surface area contributed by atoms with Crippen LogP contribution in [0.2, 0.25) is 0 Å². The number of nitrogens with zero attached hydrogens (tertiary/aromatic N) is 1. The maximum Gasteiger partial charge on any atom is 0.239 e. The van der Waals surface area contributed by atoms with E-state index in [1.165, 1.54) is 4.90 Å². The van der Waals surface area contributed by atoms with Gasteiger partial charge in [-0.1, -0.05) is 70.5 Å². The van der Waals surface area contributed by atoms with Gasteiger partial charge in [0.2, 0.25) is 11.8 Å². The van der Waals surface area contributed by atoms with Crippen LogP contribution in [0.5, 0.6) is 0 Å². The first-order valence-electron chi connectivity index (χ1n) is 10.3. The van der Waals surface area contributed by atoms with E-state index in [0.29, 0.717) is 5.69 Å². The first kappa shape index (κ1) is 18.7. The van der Waals surface area contributed by atoms with Gasteiger partial charge in [0.1, 0.15) is 6.29 Å². The number of amides is 2. The molecule has 1 saturated heterocycles. The molecule has 7 rings (SSSR count). The molecule has 3 aromatic carbocycles. The van der Waals surface area contributed by atoms with E-state index >= 15 is 0 Å². The van der Waals surface area contributed by atoms with Gasteiger partial charge in [-0.15, -0.1) is 0 Å². The van der Waals surface area contributed by atoms with Crippen LogP contribution in [-0.4, -0.2) is 18.1 Å². The molecule has 0 N–H and O–H groups in total. The van der Waals surface area contributed by atoms with Crippen molar-refractivity contribution in [3.63, 3.8) is 0 Å². The van der Waals surface area contributed by atoms with Crippen molar-refractivity contribution in [3.8, 4) is 0 Å². The Labute approximate surface area is 188 Å². The zero-order valence-electron chi connectivity index (χ0n) is 16.7. The second-order valence-electron chi connectivity index (χ2n) is 8.59. The van der Waals surface area contributed by atoms with Gasteiger partial charge < -0.3 is 4.79 Å². The number of anilines is 1. The zero-order chi connectivity index (χ0) is 21.5. The summed E-state index contributed by atoms with van der Waals surface area (Å²) in [5, 5.41) is 0. The Morgan fingerprint density at radius 3 is 2.10 bits per heavy atom. The number of benzene rings is 3. The summed E-state index contributed by atoms with van der Waals surface area (Å²) in [5.41, 5.74) is 4.05. The highest BCUT2D eigenvalue weighted by Gasteiger charge is 2.68. The lowest BCUT2D eigenvalue weighted by Gasteiger charge is -2.51. The third kappa shape index (κ3) is 2.12. The molecule has 5 heteroatoms. The molecule has 31 heavy (non-hydrogen) atoms. The van der Waals surface area contributed by atoms with E-state index in [2.05, 4.69) is 15.9 Å². The summed E-state index contributed by atoms with van der Waals surface area (Å²) < 4.78 is 0.833. The van der Waals surface area contributed by atoms with E-state index in [1.54, 1.807) is 12.1 Å². The fourth-order valence-electron chi connectivity index (χ4n) is 6.01. The van der Waals surface area contributed by atoms with E-state index in [0.717, 1.165) is 38.6 Å². The van der Waals surface area contributed by atoms with Crippen LogP contribution >= 0.6 is 15.9 Å². The zero-order valence-corrected chi connectivity index (χ0v) is 18.3. The average molecular weight is 472 g/mol. The number of hydrogen-bond donors (Lipinski definition) is 0. The summed E-state index contributed by atoms with van der Waals surface area (Å²) >= 11 is 3.51. The number of carbonyl (C=O) groups excluding carboxylic acids is 3. The number of hydrogen-bond acceptors (Lipinski definition) is 3. The molecule has 0 spiro atoms.